The summed E-state index contributed by atoms with van der Waals surface area (Å²) in [7, 11) is 0. The molecule has 0 aliphatic rings. The van der Waals surface area contributed by atoms with Gasteiger partial charge in [-0.2, -0.15) is 0 Å². The Morgan fingerprint density at radius 2 is 2.19 bits per heavy atom. The monoisotopic (exact) mass is 244 g/mol. The van der Waals surface area contributed by atoms with E-state index in [1.54, 1.807) is 13.8 Å². The van der Waals surface area contributed by atoms with Crippen LogP contribution in [-0.2, 0) is 4.79 Å². The van der Waals surface area contributed by atoms with E-state index in [0.29, 0.717) is 17.5 Å². The highest BCUT2D eigenvalue weighted by molar-refractivity contribution is 8.01. The summed E-state index contributed by atoms with van der Waals surface area (Å²) < 4.78 is 4.26. The number of carboxylic acid groups (broad SMARTS) is 1. The van der Waals surface area contributed by atoms with Gasteiger partial charge < -0.3 is 9.52 Å². The first kappa shape index (κ1) is 13.0. The van der Waals surface area contributed by atoms with E-state index in [-0.39, 0.29) is 5.92 Å². The van der Waals surface area contributed by atoms with Crippen molar-refractivity contribution in [1.82, 2.24) is 10.2 Å². The molecule has 5 nitrogen and oxygen atoms in total. The number of carbonyl (C=O) groups is 1. The van der Waals surface area contributed by atoms with Gasteiger partial charge in [0.1, 0.15) is 4.75 Å². The fourth-order valence-corrected chi connectivity index (χ4v) is 2.60. The number of thioether (sulfide) groups is 1. The summed E-state index contributed by atoms with van der Waals surface area (Å²) in [6.07, 6.45) is 0.550. The smallest absolute Gasteiger partial charge is 0.320 e. The van der Waals surface area contributed by atoms with Crippen molar-refractivity contribution < 1.29 is 14.3 Å². The minimum absolute atomic E-state index is 0.289. The lowest BCUT2D eigenvalue weighted by atomic mass is 9.98. The molecule has 0 aliphatic carbocycles. The molecule has 0 aromatic carbocycles. The molecule has 0 saturated heterocycles. The summed E-state index contributed by atoms with van der Waals surface area (Å²) >= 11 is 1.11. The number of hydrogen-bond donors (Lipinski definition) is 1. The molecular formula is C10H16N2O3S. The first-order valence-corrected chi connectivity index (χ1v) is 5.87. The van der Waals surface area contributed by atoms with E-state index in [9.17, 15) is 9.90 Å². The molecule has 0 bridgehead atoms. The summed E-state index contributed by atoms with van der Waals surface area (Å²) in [5.41, 5.74) is 0. The Morgan fingerprint density at radius 3 is 2.56 bits per heavy atom. The number of carboxylic acids is 1. The Balaban J connectivity index is 2.82. The third kappa shape index (κ3) is 3.23. The molecule has 6 heteroatoms. The maximum atomic E-state index is 11.3. The second-order valence-corrected chi connectivity index (χ2v) is 5.78. The lowest BCUT2D eigenvalue weighted by molar-refractivity contribution is -0.139. The van der Waals surface area contributed by atoms with E-state index in [1.807, 2.05) is 13.8 Å². The Kier molecular flexibility index (Phi) is 3.96. The average Bonchev–Trinajstić information content (AvgIpc) is 2.49. The van der Waals surface area contributed by atoms with Crippen LogP contribution < -0.4 is 0 Å². The highest BCUT2D eigenvalue weighted by atomic mass is 32.2. The molecule has 1 N–H and O–H groups in total. The van der Waals surface area contributed by atoms with Gasteiger partial charge in [0.05, 0.1) is 0 Å². The van der Waals surface area contributed by atoms with Gasteiger partial charge in [-0.05, 0) is 31.0 Å². The molecule has 0 fully saturated rings. The van der Waals surface area contributed by atoms with E-state index in [1.165, 1.54) is 0 Å². The number of hydrogen-bond acceptors (Lipinski definition) is 5. The Hall–Kier alpha value is -1.04. The third-order valence-corrected chi connectivity index (χ3v) is 3.20. The number of rotatable bonds is 5. The van der Waals surface area contributed by atoms with Gasteiger partial charge in [0.25, 0.3) is 5.22 Å². The van der Waals surface area contributed by atoms with E-state index in [2.05, 4.69) is 10.2 Å². The maximum Gasteiger partial charge on any atom is 0.320 e. The third-order valence-electron chi connectivity index (χ3n) is 2.07. The lowest BCUT2D eigenvalue weighted by Gasteiger charge is -2.23. The van der Waals surface area contributed by atoms with E-state index < -0.39 is 10.7 Å². The van der Waals surface area contributed by atoms with Crippen LogP contribution in [0.5, 0.6) is 0 Å². The van der Waals surface area contributed by atoms with E-state index in [0.717, 1.165) is 11.8 Å². The number of aryl methyl sites for hydroxylation is 1. The van der Waals surface area contributed by atoms with Crippen molar-refractivity contribution in [2.45, 2.75) is 44.1 Å². The predicted octanol–water partition coefficient (Wildman–Crippen LogP) is 2.36. The van der Waals surface area contributed by atoms with Crippen LogP contribution in [0.2, 0.25) is 0 Å². The van der Waals surface area contributed by atoms with Gasteiger partial charge in [-0.3, -0.25) is 4.79 Å². The fourth-order valence-electron chi connectivity index (χ4n) is 1.46. The predicted molar refractivity (Wildman–Crippen MR) is 60.4 cm³/mol. The largest absolute Gasteiger partial charge is 0.480 e. The van der Waals surface area contributed by atoms with Gasteiger partial charge in [0, 0.05) is 6.92 Å². The van der Waals surface area contributed by atoms with Crippen LogP contribution in [-0.4, -0.2) is 26.0 Å². The van der Waals surface area contributed by atoms with Crippen LogP contribution in [0.3, 0.4) is 0 Å². The molecular weight excluding hydrogens is 228 g/mol. The van der Waals surface area contributed by atoms with Crippen molar-refractivity contribution >= 4 is 17.7 Å². The van der Waals surface area contributed by atoms with Gasteiger partial charge >= 0.3 is 5.97 Å². The molecule has 0 spiro atoms. The maximum absolute atomic E-state index is 11.3. The molecule has 1 aromatic heterocycles. The number of aliphatic carboxylic acids is 1. The van der Waals surface area contributed by atoms with Gasteiger partial charge in [-0.25, -0.2) is 0 Å². The van der Waals surface area contributed by atoms with E-state index >= 15 is 0 Å². The van der Waals surface area contributed by atoms with Gasteiger partial charge in [-0.1, -0.05) is 13.8 Å². The van der Waals surface area contributed by atoms with Crippen LogP contribution in [0.1, 0.15) is 33.1 Å². The second-order valence-electron chi connectivity index (χ2n) is 4.32. The van der Waals surface area contributed by atoms with Crippen molar-refractivity contribution in [2.75, 3.05) is 0 Å². The van der Waals surface area contributed by atoms with Gasteiger partial charge in [0.15, 0.2) is 0 Å². The Labute approximate surface area is 98.6 Å². The molecule has 1 atom stereocenters. The van der Waals surface area contributed by atoms with Crippen LogP contribution in [0.25, 0.3) is 0 Å². The first-order chi connectivity index (χ1) is 7.33. The van der Waals surface area contributed by atoms with E-state index in [4.69, 9.17) is 4.42 Å². The molecule has 1 heterocycles. The lowest BCUT2D eigenvalue weighted by Crippen LogP contribution is -2.33. The highest BCUT2D eigenvalue weighted by Gasteiger charge is 2.37. The standard InChI is InChI=1S/C10H16N2O3S/c1-6(2)5-10(4,8(13)14)16-9-12-11-7(3)15-9/h6H,5H2,1-4H3,(H,13,14). The molecule has 90 valence electrons. The number of aromatic nitrogens is 2. The van der Waals surface area contributed by atoms with Crippen molar-refractivity contribution in [3.63, 3.8) is 0 Å². The minimum Gasteiger partial charge on any atom is -0.480 e. The van der Waals surface area contributed by atoms with Crippen molar-refractivity contribution in [2.24, 2.45) is 5.92 Å². The van der Waals surface area contributed by atoms with Gasteiger partial charge in [-0.15, -0.1) is 10.2 Å². The summed E-state index contributed by atoms with van der Waals surface area (Å²) in [4.78, 5) is 11.3. The molecule has 1 rings (SSSR count). The first-order valence-electron chi connectivity index (χ1n) is 5.06. The molecule has 0 aliphatic heterocycles. The molecule has 1 aromatic rings. The quantitative estimate of drug-likeness (QED) is 0.801. The molecule has 0 radical (unpaired) electrons. The summed E-state index contributed by atoms with van der Waals surface area (Å²) in [6, 6.07) is 0. The second kappa shape index (κ2) is 4.86. The average molecular weight is 244 g/mol. The van der Waals surface area contributed by atoms with Crippen LogP contribution >= 0.6 is 11.8 Å². The van der Waals surface area contributed by atoms with Crippen LogP contribution in [0.15, 0.2) is 9.64 Å². The zero-order valence-corrected chi connectivity index (χ0v) is 10.7. The Bertz CT molecular complexity index is 378. The zero-order chi connectivity index (χ0) is 12.3. The Morgan fingerprint density at radius 1 is 1.56 bits per heavy atom. The fraction of sp³-hybridized carbons (Fsp3) is 0.700. The molecule has 0 saturated carbocycles. The minimum atomic E-state index is -0.923. The highest BCUT2D eigenvalue weighted by Crippen LogP contribution is 2.37. The summed E-state index contributed by atoms with van der Waals surface area (Å²) in [6.45, 7) is 7.33. The number of nitrogens with zero attached hydrogens (tertiary/aromatic N) is 2. The SMILES string of the molecule is Cc1nnc(SC(C)(CC(C)C)C(=O)O)o1. The molecule has 16 heavy (non-hydrogen) atoms. The summed E-state index contributed by atoms with van der Waals surface area (Å²) in [5.74, 6) is -0.126. The van der Waals surface area contributed by atoms with Crippen LogP contribution in [0.4, 0.5) is 0 Å². The normalized spacial score (nSPS) is 15.1. The van der Waals surface area contributed by atoms with Crippen molar-refractivity contribution in [3.05, 3.63) is 5.89 Å². The topological polar surface area (TPSA) is 76.2 Å². The van der Waals surface area contributed by atoms with Crippen molar-refractivity contribution in [3.8, 4) is 0 Å². The van der Waals surface area contributed by atoms with Gasteiger partial charge in [0.2, 0.25) is 5.89 Å². The molecule has 1 unspecified atom stereocenters. The zero-order valence-electron chi connectivity index (χ0n) is 9.85. The summed E-state index contributed by atoms with van der Waals surface area (Å²) in [5, 5.41) is 17.0. The van der Waals surface area contributed by atoms with Crippen LogP contribution in [0, 0.1) is 12.8 Å². The van der Waals surface area contributed by atoms with Crippen molar-refractivity contribution in [1.29, 1.82) is 0 Å². The molecule has 0 amide bonds.